The number of aryl methyl sites for hydroxylation is 1. The highest BCUT2D eigenvalue weighted by atomic mass is 79.9. The molecule has 1 aromatic carbocycles. The van der Waals surface area contributed by atoms with Crippen molar-refractivity contribution in [2.24, 2.45) is 7.05 Å². The molecule has 2 aromatic rings. The molecule has 16 heavy (non-hydrogen) atoms. The second kappa shape index (κ2) is 4.80. The molecule has 0 radical (unpaired) electrons. The lowest BCUT2D eigenvalue weighted by Crippen LogP contribution is -2.05. The maximum absolute atomic E-state index is 4.51. The number of nitrogens with one attached hydrogen (secondary N) is 1. The van der Waals surface area contributed by atoms with Gasteiger partial charge in [0.1, 0.15) is 0 Å². The van der Waals surface area contributed by atoms with Crippen LogP contribution in [-0.2, 0) is 13.6 Å². The van der Waals surface area contributed by atoms with E-state index in [0.29, 0.717) is 0 Å². The minimum atomic E-state index is 0.824. The van der Waals surface area contributed by atoms with Crippen molar-refractivity contribution in [1.82, 2.24) is 15.1 Å². The Morgan fingerprint density at radius 2 is 2.12 bits per heavy atom. The molecule has 0 amide bonds. The van der Waals surface area contributed by atoms with E-state index in [-0.39, 0.29) is 0 Å². The molecule has 4 heteroatoms. The maximum atomic E-state index is 4.51. The summed E-state index contributed by atoms with van der Waals surface area (Å²) >= 11 is 3.56. The average molecular weight is 280 g/mol. The minimum Gasteiger partial charge on any atom is -0.316 e. The molecular formula is C12H14BrN3. The molecule has 0 spiro atoms. The molecule has 0 atom stereocenters. The summed E-state index contributed by atoms with van der Waals surface area (Å²) < 4.78 is 2.92. The highest BCUT2D eigenvalue weighted by Crippen LogP contribution is 2.29. The first kappa shape index (κ1) is 11.4. The van der Waals surface area contributed by atoms with E-state index in [0.717, 1.165) is 22.3 Å². The highest BCUT2D eigenvalue weighted by molar-refractivity contribution is 9.10. The van der Waals surface area contributed by atoms with Gasteiger partial charge in [-0.1, -0.05) is 34.1 Å². The largest absolute Gasteiger partial charge is 0.316 e. The number of hydrogen-bond acceptors (Lipinski definition) is 2. The number of halogens is 1. The van der Waals surface area contributed by atoms with Gasteiger partial charge in [-0.25, -0.2) is 0 Å². The van der Waals surface area contributed by atoms with Gasteiger partial charge in [0.05, 0.1) is 5.69 Å². The SMILES string of the molecule is CNCc1cn(C)nc1-c1ccccc1Br. The van der Waals surface area contributed by atoms with E-state index in [4.69, 9.17) is 0 Å². The van der Waals surface area contributed by atoms with E-state index in [2.05, 4.69) is 32.4 Å². The lowest BCUT2D eigenvalue weighted by molar-refractivity contribution is 0.765. The van der Waals surface area contributed by atoms with E-state index in [1.807, 2.05) is 43.2 Å². The van der Waals surface area contributed by atoms with Crippen LogP contribution in [0.3, 0.4) is 0 Å². The van der Waals surface area contributed by atoms with Crippen molar-refractivity contribution in [2.75, 3.05) is 7.05 Å². The van der Waals surface area contributed by atoms with Crippen LogP contribution in [0.15, 0.2) is 34.9 Å². The van der Waals surface area contributed by atoms with Gasteiger partial charge in [0, 0.05) is 35.4 Å². The molecule has 0 aliphatic heterocycles. The van der Waals surface area contributed by atoms with Crippen molar-refractivity contribution < 1.29 is 0 Å². The Hall–Kier alpha value is -1.13. The summed E-state index contributed by atoms with van der Waals surface area (Å²) in [5, 5.41) is 7.67. The zero-order valence-electron chi connectivity index (χ0n) is 9.37. The molecule has 1 aromatic heterocycles. The van der Waals surface area contributed by atoms with Crippen molar-refractivity contribution >= 4 is 15.9 Å². The van der Waals surface area contributed by atoms with E-state index < -0.39 is 0 Å². The average Bonchev–Trinajstić information content (AvgIpc) is 2.61. The molecule has 1 N–H and O–H groups in total. The Morgan fingerprint density at radius 1 is 1.38 bits per heavy atom. The van der Waals surface area contributed by atoms with Gasteiger partial charge in [-0.05, 0) is 13.1 Å². The first-order chi connectivity index (χ1) is 7.72. The number of nitrogens with zero attached hydrogens (tertiary/aromatic N) is 2. The Balaban J connectivity index is 2.51. The molecule has 2 rings (SSSR count). The van der Waals surface area contributed by atoms with Crippen molar-refractivity contribution in [1.29, 1.82) is 0 Å². The molecule has 0 aliphatic carbocycles. The van der Waals surface area contributed by atoms with Gasteiger partial charge in [-0.2, -0.15) is 5.10 Å². The Morgan fingerprint density at radius 3 is 2.81 bits per heavy atom. The molecule has 0 aliphatic rings. The summed E-state index contributed by atoms with van der Waals surface area (Å²) in [5.41, 5.74) is 3.37. The molecular weight excluding hydrogens is 266 g/mol. The molecule has 1 heterocycles. The standard InChI is InChI=1S/C12H14BrN3/c1-14-7-9-8-16(2)15-12(9)10-5-3-4-6-11(10)13/h3-6,8,14H,7H2,1-2H3. The van der Waals surface area contributed by atoms with Crippen LogP contribution in [0.1, 0.15) is 5.56 Å². The van der Waals surface area contributed by atoms with Gasteiger partial charge in [-0.15, -0.1) is 0 Å². The van der Waals surface area contributed by atoms with Crippen LogP contribution in [0.5, 0.6) is 0 Å². The summed E-state index contributed by atoms with van der Waals surface area (Å²) in [7, 11) is 3.89. The third-order valence-corrected chi connectivity index (χ3v) is 3.09. The Kier molecular flexibility index (Phi) is 3.41. The van der Waals surface area contributed by atoms with Crippen LogP contribution in [0.25, 0.3) is 11.3 Å². The summed E-state index contributed by atoms with van der Waals surface area (Å²) in [5.74, 6) is 0. The van der Waals surface area contributed by atoms with Crippen molar-refractivity contribution in [3.8, 4) is 11.3 Å². The van der Waals surface area contributed by atoms with Crippen molar-refractivity contribution in [2.45, 2.75) is 6.54 Å². The van der Waals surface area contributed by atoms with Crippen LogP contribution in [0.4, 0.5) is 0 Å². The summed E-state index contributed by atoms with van der Waals surface area (Å²) in [6, 6.07) is 8.14. The van der Waals surface area contributed by atoms with Crippen LogP contribution in [0.2, 0.25) is 0 Å². The van der Waals surface area contributed by atoms with Gasteiger partial charge in [0.15, 0.2) is 0 Å². The van der Waals surface area contributed by atoms with E-state index in [1.165, 1.54) is 5.56 Å². The fraction of sp³-hybridized carbons (Fsp3) is 0.250. The van der Waals surface area contributed by atoms with Crippen molar-refractivity contribution in [3.05, 3.63) is 40.5 Å². The maximum Gasteiger partial charge on any atom is 0.0979 e. The lowest BCUT2D eigenvalue weighted by Gasteiger charge is -2.03. The number of aromatic nitrogens is 2. The second-order valence-electron chi connectivity index (χ2n) is 3.69. The van der Waals surface area contributed by atoms with Crippen LogP contribution >= 0.6 is 15.9 Å². The molecule has 0 fully saturated rings. The third kappa shape index (κ3) is 2.18. The Labute approximate surface area is 104 Å². The topological polar surface area (TPSA) is 29.9 Å². The summed E-state index contributed by atoms with van der Waals surface area (Å²) in [6.45, 7) is 0.824. The first-order valence-corrected chi connectivity index (χ1v) is 5.93. The summed E-state index contributed by atoms with van der Waals surface area (Å²) in [4.78, 5) is 0. The smallest absolute Gasteiger partial charge is 0.0979 e. The van der Waals surface area contributed by atoms with Crippen LogP contribution in [-0.4, -0.2) is 16.8 Å². The fourth-order valence-corrected chi connectivity index (χ4v) is 2.21. The number of hydrogen-bond donors (Lipinski definition) is 1. The first-order valence-electron chi connectivity index (χ1n) is 5.14. The van der Waals surface area contributed by atoms with E-state index in [1.54, 1.807) is 0 Å². The number of benzene rings is 1. The lowest BCUT2D eigenvalue weighted by atomic mass is 10.1. The minimum absolute atomic E-state index is 0.824. The third-order valence-electron chi connectivity index (χ3n) is 2.40. The highest BCUT2D eigenvalue weighted by Gasteiger charge is 2.11. The van der Waals surface area contributed by atoms with Gasteiger partial charge in [0.25, 0.3) is 0 Å². The fourth-order valence-electron chi connectivity index (χ4n) is 1.74. The Bertz CT molecular complexity index is 491. The van der Waals surface area contributed by atoms with Gasteiger partial charge >= 0.3 is 0 Å². The van der Waals surface area contributed by atoms with Crippen LogP contribution in [0, 0.1) is 0 Å². The number of rotatable bonds is 3. The zero-order chi connectivity index (χ0) is 11.5. The second-order valence-corrected chi connectivity index (χ2v) is 4.54. The molecule has 0 unspecified atom stereocenters. The molecule has 3 nitrogen and oxygen atoms in total. The predicted octanol–water partition coefficient (Wildman–Crippen LogP) is 2.57. The van der Waals surface area contributed by atoms with Gasteiger partial charge in [0.2, 0.25) is 0 Å². The molecule has 84 valence electrons. The zero-order valence-corrected chi connectivity index (χ0v) is 11.0. The van der Waals surface area contributed by atoms with E-state index >= 15 is 0 Å². The monoisotopic (exact) mass is 279 g/mol. The van der Waals surface area contributed by atoms with Crippen molar-refractivity contribution in [3.63, 3.8) is 0 Å². The normalized spacial score (nSPS) is 10.7. The molecule has 0 saturated carbocycles. The van der Waals surface area contributed by atoms with Gasteiger partial charge < -0.3 is 5.32 Å². The van der Waals surface area contributed by atoms with E-state index in [9.17, 15) is 0 Å². The quantitative estimate of drug-likeness (QED) is 0.936. The summed E-state index contributed by atoms with van der Waals surface area (Å²) in [6.07, 6.45) is 2.05. The van der Waals surface area contributed by atoms with Crippen LogP contribution < -0.4 is 5.32 Å². The predicted molar refractivity (Wildman–Crippen MR) is 69.1 cm³/mol. The van der Waals surface area contributed by atoms with Gasteiger partial charge in [-0.3, -0.25) is 4.68 Å². The molecule has 0 saturated heterocycles. The molecule has 0 bridgehead atoms.